The lowest BCUT2D eigenvalue weighted by Crippen LogP contribution is -2.31. The van der Waals surface area contributed by atoms with E-state index in [2.05, 4.69) is 0 Å². The first kappa shape index (κ1) is 17.3. The zero-order valence-corrected chi connectivity index (χ0v) is 14.2. The third-order valence-corrected chi connectivity index (χ3v) is 5.40. The van der Waals surface area contributed by atoms with Gasteiger partial charge in [-0.05, 0) is 37.1 Å². The summed E-state index contributed by atoms with van der Waals surface area (Å²) in [5, 5.41) is 0. The summed E-state index contributed by atoms with van der Waals surface area (Å²) in [6, 6.07) is 5.24. The lowest BCUT2D eigenvalue weighted by molar-refractivity contribution is 0.0732. The number of benzene rings is 1. The molecular formula is C17H16F2N2O3S. The fourth-order valence-electron chi connectivity index (χ4n) is 3.01. The van der Waals surface area contributed by atoms with Crippen LogP contribution in [0, 0.1) is 11.6 Å². The highest BCUT2D eigenvalue weighted by molar-refractivity contribution is 7.14. The van der Waals surface area contributed by atoms with Crippen LogP contribution in [-0.2, 0) is 0 Å². The minimum absolute atomic E-state index is 0.239. The van der Waals surface area contributed by atoms with E-state index in [4.69, 9.17) is 10.5 Å². The van der Waals surface area contributed by atoms with Crippen LogP contribution in [0.25, 0.3) is 0 Å². The van der Waals surface area contributed by atoms with E-state index in [1.165, 1.54) is 16.2 Å². The summed E-state index contributed by atoms with van der Waals surface area (Å²) >= 11 is 1.22. The van der Waals surface area contributed by atoms with Crippen LogP contribution in [0.3, 0.4) is 0 Å². The van der Waals surface area contributed by atoms with E-state index in [1.807, 2.05) is 0 Å². The number of amides is 2. The van der Waals surface area contributed by atoms with Crippen LogP contribution >= 0.6 is 11.3 Å². The minimum Gasteiger partial charge on any atom is -0.491 e. The Morgan fingerprint density at radius 3 is 2.68 bits per heavy atom. The van der Waals surface area contributed by atoms with E-state index in [0.29, 0.717) is 17.8 Å². The number of rotatable bonds is 4. The first-order chi connectivity index (χ1) is 11.9. The van der Waals surface area contributed by atoms with Crippen molar-refractivity contribution in [3.05, 3.63) is 51.2 Å². The third-order valence-electron chi connectivity index (χ3n) is 4.20. The maximum absolute atomic E-state index is 14.4. The van der Waals surface area contributed by atoms with Crippen LogP contribution in [-0.4, -0.2) is 30.4 Å². The second kappa shape index (κ2) is 6.79. The van der Waals surface area contributed by atoms with Crippen molar-refractivity contribution in [1.82, 2.24) is 4.90 Å². The van der Waals surface area contributed by atoms with Crippen LogP contribution in [0.4, 0.5) is 8.78 Å². The molecule has 1 aromatic carbocycles. The number of ether oxygens (including phenoxy) is 1. The van der Waals surface area contributed by atoms with E-state index >= 15 is 0 Å². The molecule has 25 heavy (non-hydrogen) atoms. The number of carbonyl (C=O) groups is 2. The highest BCUT2D eigenvalue weighted by Gasteiger charge is 2.34. The van der Waals surface area contributed by atoms with Crippen molar-refractivity contribution >= 4 is 23.2 Å². The summed E-state index contributed by atoms with van der Waals surface area (Å²) in [4.78, 5) is 26.8. The van der Waals surface area contributed by atoms with Crippen LogP contribution < -0.4 is 10.5 Å². The average Bonchev–Trinajstić information content (AvgIpc) is 3.23. The average molecular weight is 366 g/mol. The number of likely N-dealkylation sites (tertiary alicyclic amines) is 1. The SMILES string of the molecule is COc1c(F)ccc(C(=O)N2CCCC2c2ccc(C(N)=O)s2)c1F. The number of thiophene rings is 1. The zero-order chi connectivity index (χ0) is 18.1. The molecule has 2 aromatic rings. The Morgan fingerprint density at radius 1 is 1.28 bits per heavy atom. The molecule has 8 heteroatoms. The monoisotopic (exact) mass is 366 g/mol. The van der Waals surface area contributed by atoms with Crippen molar-refractivity contribution in [3.8, 4) is 5.75 Å². The molecule has 0 bridgehead atoms. The van der Waals surface area contributed by atoms with Gasteiger partial charge in [0, 0.05) is 11.4 Å². The maximum Gasteiger partial charge on any atom is 0.258 e. The quantitative estimate of drug-likeness (QED) is 0.904. The predicted molar refractivity (Wildman–Crippen MR) is 88.8 cm³/mol. The van der Waals surface area contributed by atoms with Gasteiger partial charge in [-0.3, -0.25) is 9.59 Å². The van der Waals surface area contributed by atoms with Gasteiger partial charge in [-0.15, -0.1) is 11.3 Å². The lowest BCUT2D eigenvalue weighted by Gasteiger charge is -2.24. The summed E-state index contributed by atoms with van der Waals surface area (Å²) in [6.45, 7) is 0.451. The molecule has 2 N–H and O–H groups in total. The van der Waals surface area contributed by atoms with Crippen molar-refractivity contribution in [2.24, 2.45) is 5.73 Å². The van der Waals surface area contributed by atoms with Crippen molar-refractivity contribution < 1.29 is 23.1 Å². The smallest absolute Gasteiger partial charge is 0.258 e. The minimum atomic E-state index is -1.01. The van der Waals surface area contributed by atoms with Gasteiger partial charge in [-0.2, -0.15) is 0 Å². The largest absolute Gasteiger partial charge is 0.491 e. The second-order valence-corrected chi connectivity index (χ2v) is 6.78. The number of carbonyl (C=O) groups excluding carboxylic acids is 2. The summed E-state index contributed by atoms with van der Waals surface area (Å²) in [5.41, 5.74) is 5.03. The molecule has 1 aliphatic heterocycles. The van der Waals surface area contributed by atoms with Crippen molar-refractivity contribution in [2.75, 3.05) is 13.7 Å². The third kappa shape index (κ3) is 3.09. The van der Waals surface area contributed by atoms with E-state index in [1.54, 1.807) is 12.1 Å². The molecule has 3 rings (SSSR count). The highest BCUT2D eigenvalue weighted by atomic mass is 32.1. The van der Waals surface area contributed by atoms with Gasteiger partial charge >= 0.3 is 0 Å². The molecule has 0 radical (unpaired) electrons. The molecule has 1 fully saturated rings. The topological polar surface area (TPSA) is 72.6 Å². The van der Waals surface area contributed by atoms with Gasteiger partial charge in [0.2, 0.25) is 0 Å². The summed E-state index contributed by atoms with van der Waals surface area (Å²) in [7, 11) is 1.14. The van der Waals surface area contributed by atoms with Gasteiger partial charge in [0.15, 0.2) is 17.4 Å². The first-order valence-electron chi connectivity index (χ1n) is 7.66. The van der Waals surface area contributed by atoms with Crippen LogP contribution in [0.1, 0.15) is 43.8 Å². The van der Waals surface area contributed by atoms with E-state index in [9.17, 15) is 18.4 Å². The summed E-state index contributed by atoms with van der Waals surface area (Å²) in [5.74, 6) is -3.51. The Hall–Kier alpha value is -2.48. The number of methoxy groups -OCH3 is 1. The highest BCUT2D eigenvalue weighted by Crippen LogP contribution is 2.37. The van der Waals surface area contributed by atoms with E-state index in [0.717, 1.165) is 30.5 Å². The van der Waals surface area contributed by atoms with Gasteiger partial charge < -0.3 is 15.4 Å². The molecule has 1 aromatic heterocycles. The number of halogens is 2. The number of nitrogens with zero attached hydrogens (tertiary/aromatic N) is 1. The van der Waals surface area contributed by atoms with Crippen LogP contribution in [0.2, 0.25) is 0 Å². The molecule has 5 nitrogen and oxygen atoms in total. The van der Waals surface area contributed by atoms with Crippen LogP contribution in [0.5, 0.6) is 5.75 Å². The summed E-state index contributed by atoms with van der Waals surface area (Å²) < 4.78 is 32.7. The number of hydrogen-bond donors (Lipinski definition) is 1. The van der Waals surface area contributed by atoms with Gasteiger partial charge in [0.25, 0.3) is 11.8 Å². The van der Waals surface area contributed by atoms with E-state index in [-0.39, 0.29) is 11.6 Å². The standard InChI is InChI=1S/C17H16F2N2O3S/c1-24-15-10(18)5-4-9(14(15)19)17(23)21-8-2-3-11(21)12-6-7-13(25-12)16(20)22/h4-7,11H,2-3,8H2,1H3,(H2,20,22). The zero-order valence-electron chi connectivity index (χ0n) is 13.4. The molecule has 132 valence electrons. The van der Waals surface area contributed by atoms with E-state index < -0.39 is 29.2 Å². The second-order valence-electron chi connectivity index (χ2n) is 5.67. The Morgan fingerprint density at radius 2 is 2.04 bits per heavy atom. The van der Waals surface area contributed by atoms with Crippen molar-refractivity contribution in [2.45, 2.75) is 18.9 Å². The molecule has 1 atom stereocenters. The molecular weight excluding hydrogens is 350 g/mol. The molecule has 0 saturated carbocycles. The van der Waals surface area contributed by atoms with Crippen molar-refractivity contribution in [3.63, 3.8) is 0 Å². The first-order valence-corrected chi connectivity index (χ1v) is 8.48. The van der Waals surface area contributed by atoms with Crippen molar-refractivity contribution in [1.29, 1.82) is 0 Å². The molecule has 2 amide bonds. The van der Waals surface area contributed by atoms with Crippen LogP contribution in [0.15, 0.2) is 24.3 Å². The van der Waals surface area contributed by atoms with Gasteiger partial charge in [-0.1, -0.05) is 0 Å². The maximum atomic E-state index is 14.4. The Bertz CT molecular complexity index is 837. The normalized spacial score (nSPS) is 16.9. The van der Waals surface area contributed by atoms with Gasteiger partial charge in [0.05, 0.1) is 23.6 Å². The fraction of sp³-hybridized carbons (Fsp3) is 0.294. The van der Waals surface area contributed by atoms with Gasteiger partial charge in [-0.25, -0.2) is 8.78 Å². The number of nitrogens with two attached hydrogens (primary N) is 1. The Labute approximate surface area is 147 Å². The predicted octanol–water partition coefficient (Wildman–Crippen LogP) is 3.11. The van der Waals surface area contributed by atoms with Gasteiger partial charge in [0.1, 0.15) is 0 Å². The number of primary amides is 1. The molecule has 0 spiro atoms. The molecule has 1 saturated heterocycles. The molecule has 1 unspecified atom stereocenters. The molecule has 0 aliphatic carbocycles. The molecule has 1 aliphatic rings. The Balaban J connectivity index is 1.92. The summed E-state index contributed by atoms with van der Waals surface area (Å²) in [6.07, 6.45) is 1.45. The molecule has 2 heterocycles. The Kier molecular flexibility index (Phi) is 4.71. The fourth-order valence-corrected chi connectivity index (χ4v) is 4.02. The number of hydrogen-bond acceptors (Lipinski definition) is 4. The lowest BCUT2D eigenvalue weighted by atomic mass is 10.1.